The maximum absolute atomic E-state index is 12.4. The molecule has 3 saturated carbocycles. The molecule has 1 aromatic rings. The number of carbonyl (C=O) groups is 4. The van der Waals surface area contributed by atoms with Gasteiger partial charge in [0, 0.05) is 18.8 Å². The van der Waals surface area contributed by atoms with Gasteiger partial charge in [0.15, 0.2) is 11.6 Å². The van der Waals surface area contributed by atoms with E-state index < -0.39 is 41.4 Å². The average molecular weight is 543 g/mol. The van der Waals surface area contributed by atoms with Gasteiger partial charge >= 0.3 is 11.9 Å². The van der Waals surface area contributed by atoms with E-state index in [-0.39, 0.29) is 40.3 Å². The van der Waals surface area contributed by atoms with E-state index in [4.69, 9.17) is 5.11 Å². The summed E-state index contributed by atoms with van der Waals surface area (Å²) in [5.41, 5.74) is -1.25. The summed E-state index contributed by atoms with van der Waals surface area (Å²) < 4.78 is 4.69. The molecule has 39 heavy (non-hydrogen) atoms. The van der Waals surface area contributed by atoms with Gasteiger partial charge in [-0.05, 0) is 79.9 Å². The van der Waals surface area contributed by atoms with E-state index in [0.29, 0.717) is 19.3 Å². The Labute approximate surface area is 227 Å². The Morgan fingerprint density at radius 2 is 1.77 bits per heavy atom. The van der Waals surface area contributed by atoms with Gasteiger partial charge in [0.1, 0.15) is 23.5 Å². The molecule has 9 heteroatoms. The Hall–Kier alpha value is -2.88. The maximum Gasteiger partial charge on any atom is 0.339 e. The lowest BCUT2D eigenvalue weighted by Gasteiger charge is -2.60. The number of aromatic carboxylic acids is 1. The summed E-state index contributed by atoms with van der Waals surface area (Å²) >= 11 is 0. The third kappa shape index (κ3) is 4.85. The van der Waals surface area contributed by atoms with Crippen molar-refractivity contribution in [2.75, 3.05) is 6.61 Å². The van der Waals surface area contributed by atoms with Gasteiger partial charge in [-0.1, -0.05) is 31.6 Å². The fourth-order valence-electron chi connectivity index (χ4n) is 8.17. The zero-order chi connectivity index (χ0) is 28.8. The SMILES string of the molecule is CC(=O)Oc1ccccc1C(=O)O.C[C@]12CCC(=O)C=C1CC[C@@H]1[C@@H]2[C@@H](O)C[C@@]2(C)[C@H]1CC[C@]2(O)C(=O)CO. The van der Waals surface area contributed by atoms with E-state index in [2.05, 4.69) is 11.7 Å². The molecule has 7 atom stereocenters. The molecule has 0 aliphatic heterocycles. The van der Waals surface area contributed by atoms with E-state index in [9.17, 15) is 34.5 Å². The van der Waals surface area contributed by atoms with Gasteiger partial charge in [-0.15, -0.1) is 0 Å². The number of hydrogen-bond donors (Lipinski definition) is 4. The van der Waals surface area contributed by atoms with Crippen molar-refractivity contribution in [1.29, 1.82) is 0 Å². The number of fused-ring (bicyclic) bond motifs is 5. The number of ether oxygens (including phenoxy) is 1. The minimum Gasteiger partial charge on any atom is -0.478 e. The fourth-order valence-corrected chi connectivity index (χ4v) is 8.17. The molecular weight excluding hydrogens is 504 g/mol. The third-order valence-corrected chi connectivity index (χ3v) is 10.0. The lowest BCUT2D eigenvalue weighted by Crippen LogP contribution is -2.62. The zero-order valence-electron chi connectivity index (χ0n) is 22.7. The minimum atomic E-state index is -1.54. The van der Waals surface area contributed by atoms with Crippen LogP contribution in [-0.2, 0) is 14.4 Å². The summed E-state index contributed by atoms with van der Waals surface area (Å²) in [5, 5.41) is 40.4. The first-order valence-electron chi connectivity index (χ1n) is 13.6. The van der Waals surface area contributed by atoms with Crippen LogP contribution >= 0.6 is 0 Å². The highest BCUT2D eigenvalue weighted by Crippen LogP contribution is 2.67. The van der Waals surface area contributed by atoms with Gasteiger partial charge in [-0.3, -0.25) is 14.4 Å². The predicted octanol–water partition coefficient (Wildman–Crippen LogP) is 3.09. The van der Waals surface area contributed by atoms with Crippen molar-refractivity contribution in [3.05, 3.63) is 41.5 Å². The Morgan fingerprint density at radius 3 is 2.41 bits per heavy atom. The van der Waals surface area contributed by atoms with Gasteiger partial charge in [0.25, 0.3) is 0 Å². The van der Waals surface area contributed by atoms with Crippen LogP contribution in [0.3, 0.4) is 0 Å². The largest absolute Gasteiger partial charge is 0.478 e. The second-order valence-corrected chi connectivity index (χ2v) is 12.0. The number of carboxylic acid groups (broad SMARTS) is 1. The normalized spacial score (nSPS) is 36.8. The number of Topliss-reactive ketones (excluding diaryl/α,β-unsaturated/α-hetero) is 1. The topological polar surface area (TPSA) is 158 Å². The second kappa shape index (κ2) is 10.6. The molecule has 0 saturated heterocycles. The number of carbonyl (C=O) groups excluding carboxylic acids is 3. The standard InChI is InChI=1S/C21H30O5.C9H8O4/c1-19-7-5-13(23)9-12(19)3-4-14-15-6-8-21(26,17(25)11-22)20(15,2)10-16(24)18(14)19;1-6(10)13-8-5-3-2-4-7(8)9(11)12/h9,14-16,18,22,24,26H,3-8,10-11H2,1-2H3;2-5H,1H3,(H,11,12)/t14-,15-,16-,18+,19-,20-,21-;/m0./s1. The van der Waals surface area contributed by atoms with Crippen molar-refractivity contribution < 1.29 is 44.3 Å². The first kappa shape index (κ1) is 29.1. The molecule has 4 N–H and O–H groups in total. The van der Waals surface area contributed by atoms with Gasteiger partial charge in [0.05, 0.1) is 6.10 Å². The van der Waals surface area contributed by atoms with Crippen molar-refractivity contribution in [1.82, 2.24) is 0 Å². The van der Waals surface area contributed by atoms with E-state index in [1.807, 2.05) is 6.92 Å². The third-order valence-electron chi connectivity index (χ3n) is 10.0. The second-order valence-electron chi connectivity index (χ2n) is 12.0. The molecule has 4 aliphatic rings. The Balaban J connectivity index is 0.000000229. The molecule has 1 aromatic carbocycles. The summed E-state index contributed by atoms with van der Waals surface area (Å²) in [4.78, 5) is 45.4. The highest BCUT2D eigenvalue weighted by molar-refractivity contribution is 5.92. The van der Waals surface area contributed by atoms with Gasteiger partial charge < -0.3 is 25.2 Å². The number of carboxylic acids is 1. The van der Waals surface area contributed by atoms with Crippen molar-refractivity contribution in [3.63, 3.8) is 0 Å². The number of para-hydroxylation sites is 1. The number of hydrogen-bond acceptors (Lipinski definition) is 8. The number of esters is 1. The Morgan fingerprint density at radius 1 is 1.08 bits per heavy atom. The minimum absolute atomic E-state index is 0.0160. The summed E-state index contributed by atoms with van der Waals surface area (Å²) in [6.07, 6.45) is 5.74. The smallest absolute Gasteiger partial charge is 0.339 e. The van der Waals surface area contributed by atoms with Gasteiger partial charge in [-0.25, -0.2) is 4.79 Å². The van der Waals surface area contributed by atoms with Crippen LogP contribution in [0.1, 0.15) is 76.1 Å². The molecule has 9 nitrogen and oxygen atoms in total. The molecule has 0 amide bonds. The van der Waals surface area contributed by atoms with Crippen LogP contribution in [0.2, 0.25) is 0 Å². The summed E-state index contributed by atoms with van der Waals surface area (Å²) in [6, 6.07) is 5.98. The number of rotatable bonds is 4. The highest BCUT2D eigenvalue weighted by Gasteiger charge is 2.68. The monoisotopic (exact) mass is 542 g/mol. The average Bonchev–Trinajstić information content (AvgIpc) is 3.15. The number of benzene rings is 1. The summed E-state index contributed by atoms with van der Waals surface area (Å²) in [7, 11) is 0. The fraction of sp³-hybridized carbons (Fsp3) is 0.600. The number of aliphatic hydroxyl groups is 3. The van der Waals surface area contributed by atoms with Crippen LogP contribution < -0.4 is 4.74 Å². The molecule has 4 aliphatic carbocycles. The van der Waals surface area contributed by atoms with E-state index in [1.54, 1.807) is 18.2 Å². The number of ketones is 2. The van der Waals surface area contributed by atoms with E-state index in [0.717, 1.165) is 25.7 Å². The molecule has 0 radical (unpaired) electrons. The van der Waals surface area contributed by atoms with Crippen molar-refractivity contribution >= 4 is 23.5 Å². The first-order chi connectivity index (χ1) is 18.3. The Kier molecular flexibility index (Phi) is 7.91. The van der Waals surface area contributed by atoms with Gasteiger partial charge in [0.2, 0.25) is 0 Å². The molecule has 0 aromatic heterocycles. The van der Waals surface area contributed by atoms with Crippen molar-refractivity contribution in [3.8, 4) is 5.75 Å². The Bertz CT molecular complexity index is 1200. The van der Waals surface area contributed by atoms with Gasteiger partial charge in [-0.2, -0.15) is 0 Å². The molecular formula is C30H38O9. The van der Waals surface area contributed by atoms with Crippen LogP contribution in [0.25, 0.3) is 0 Å². The summed E-state index contributed by atoms with van der Waals surface area (Å²) in [6.45, 7) is 4.68. The lowest BCUT2D eigenvalue weighted by atomic mass is 9.45. The zero-order valence-corrected chi connectivity index (χ0v) is 22.7. The van der Waals surface area contributed by atoms with Crippen LogP contribution in [0.4, 0.5) is 0 Å². The molecule has 3 fully saturated rings. The lowest BCUT2D eigenvalue weighted by molar-refractivity contribution is -0.182. The first-order valence-corrected chi connectivity index (χ1v) is 13.6. The summed E-state index contributed by atoms with van der Waals surface area (Å²) in [5.74, 6) is -1.44. The highest BCUT2D eigenvalue weighted by atomic mass is 16.5. The van der Waals surface area contributed by atoms with Crippen molar-refractivity contribution in [2.45, 2.75) is 77.4 Å². The number of aliphatic hydroxyl groups excluding tert-OH is 2. The maximum atomic E-state index is 12.4. The van der Waals surface area contributed by atoms with Crippen LogP contribution in [0.5, 0.6) is 5.75 Å². The molecule has 0 unspecified atom stereocenters. The van der Waals surface area contributed by atoms with E-state index >= 15 is 0 Å². The molecule has 0 spiro atoms. The molecule has 0 bridgehead atoms. The van der Waals surface area contributed by atoms with Crippen LogP contribution in [0, 0.1) is 28.6 Å². The van der Waals surface area contributed by atoms with Crippen LogP contribution in [-0.4, -0.2) is 62.2 Å². The molecule has 5 rings (SSSR count). The quantitative estimate of drug-likeness (QED) is 0.331. The number of allylic oxidation sites excluding steroid dienone is 1. The van der Waals surface area contributed by atoms with Crippen molar-refractivity contribution in [2.24, 2.45) is 28.6 Å². The van der Waals surface area contributed by atoms with E-state index in [1.165, 1.54) is 24.6 Å². The molecule has 0 heterocycles. The molecule has 212 valence electrons. The predicted molar refractivity (Wildman–Crippen MR) is 140 cm³/mol. The van der Waals surface area contributed by atoms with Crippen LogP contribution in [0.15, 0.2) is 35.9 Å².